The molecule has 1 N–H and O–H groups in total. The Bertz CT molecular complexity index is 1030. The first-order valence-electron chi connectivity index (χ1n) is 7.59. The first-order chi connectivity index (χ1) is 12.1. The lowest BCUT2D eigenvalue weighted by atomic mass is 10.2. The second-order valence-corrected chi connectivity index (χ2v) is 5.55. The fourth-order valence-corrected chi connectivity index (χ4v) is 2.44. The van der Waals surface area contributed by atoms with E-state index < -0.39 is 6.04 Å². The Morgan fingerprint density at radius 1 is 1.32 bits per heavy atom. The molecule has 3 heterocycles. The molecule has 1 atom stereocenters. The molecule has 0 saturated carbocycles. The van der Waals surface area contributed by atoms with Gasteiger partial charge in [-0.25, -0.2) is 4.68 Å². The van der Waals surface area contributed by atoms with E-state index in [0.717, 1.165) is 16.6 Å². The van der Waals surface area contributed by atoms with Crippen LogP contribution in [0.4, 0.5) is 0 Å². The molecule has 4 aromatic rings. The molecule has 3 aromatic heterocycles. The molecular formula is C16H14N6O3. The molecule has 0 aliphatic carbocycles. The average molecular weight is 338 g/mol. The van der Waals surface area contributed by atoms with Gasteiger partial charge >= 0.3 is 0 Å². The van der Waals surface area contributed by atoms with Crippen molar-refractivity contribution in [1.29, 1.82) is 0 Å². The van der Waals surface area contributed by atoms with Crippen molar-refractivity contribution in [3.8, 4) is 11.4 Å². The smallest absolute Gasteiger partial charge is 0.287 e. The summed E-state index contributed by atoms with van der Waals surface area (Å²) in [7, 11) is 1.81. The standard InChI is InChI=1S/C16H14N6O3/c1-9(17-15(23)13-4-3-7-24-13)16-18-14(20-25-16)10-5-6-11-12(8-10)22(2)21-19-11/h3-9H,1-2H3,(H,17,23)/t9-/m0/s1. The molecule has 1 aromatic carbocycles. The van der Waals surface area contributed by atoms with Gasteiger partial charge in [0.15, 0.2) is 5.76 Å². The van der Waals surface area contributed by atoms with Crippen LogP contribution in [0.15, 0.2) is 45.5 Å². The predicted molar refractivity (Wildman–Crippen MR) is 86.4 cm³/mol. The quantitative estimate of drug-likeness (QED) is 0.606. The summed E-state index contributed by atoms with van der Waals surface area (Å²) >= 11 is 0. The van der Waals surface area contributed by atoms with Crippen molar-refractivity contribution in [2.24, 2.45) is 7.05 Å². The summed E-state index contributed by atoms with van der Waals surface area (Å²) in [6.45, 7) is 1.76. The van der Waals surface area contributed by atoms with Gasteiger partial charge in [0, 0.05) is 12.6 Å². The highest BCUT2D eigenvalue weighted by atomic mass is 16.5. The Labute approximate surface area is 141 Å². The van der Waals surface area contributed by atoms with E-state index in [-0.39, 0.29) is 11.7 Å². The van der Waals surface area contributed by atoms with E-state index in [9.17, 15) is 4.79 Å². The fourth-order valence-electron chi connectivity index (χ4n) is 2.44. The number of hydrogen-bond acceptors (Lipinski definition) is 7. The van der Waals surface area contributed by atoms with Crippen molar-refractivity contribution in [3.63, 3.8) is 0 Å². The van der Waals surface area contributed by atoms with Crippen molar-refractivity contribution in [1.82, 2.24) is 30.5 Å². The van der Waals surface area contributed by atoms with Crippen LogP contribution in [0, 0.1) is 0 Å². The van der Waals surface area contributed by atoms with Crippen molar-refractivity contribution in [2.75, 3.05) is 0 Å². The van der Waals surface area contributed by atoms with Gasteiger partial charge < -0.3 is 14.3 Å². The Balaban J connectivity index is 1.56. The summed E-state index contributed by atoms with van der Waals surface area (Å²) in [6.07, 6.45) is 1.44. The Morgan fingerprint density at radius 3 is 3.00 bits per heavy atom. The zero-order valence-corrected chi connectivity index (χ0v) is 13.5. The van der Waals surface area contributed by atoms with Crippen molar-refractivity contribution in [2.45, 2.75) is 13.0 Å². The summed E-state index contributed by atoms with van der Waals surface area (Å²) in [5.74, 6) is 0.607. The summed E-state index contributed by atoms with van der Waals surface area (Å²) in [5.41, 5.74) is 2.43. The molecule has 0 fully saturated rings. The van der Waals surface area contributed by atoms with Crippen LogP contribution in [-0.4, -0.2) is 31.0 Å². The minimum absolute atomic E-state index is 0.223. The number of carbonyl (C=O) groups is 1. The molecule has 9 nitrogen and oxygen atoms in total. The van der Waals surface area contributed by atoms with Crippen molar-refractivity contribution < 1.29 is 13.7 Å². The predicted octanol–water partition coefficient (Wildman–Crippen LogP) is 2.10. The Hall–Kier alpha value is -3.49. The van der Waals surface area contributed by atoms with Gasteiger partial charge in [-0.2, -0.15) is 4.98 Å². The lowest BCUT2D eigenvalue weighted by Gasteiger charge is -2.07. The fraction of sp³-hybridized carbons (Fsp3) is 0.188. The van der Waals surface area contributed by atoms with Crippen LogP contribution in [0.3, 0.4) is 0 Å². The zero-order valence-electron chi connectivity index (χ0n) is 13.5. The Kier molecular flexibility index (Phi) is 3.53. The number of furan rings is 1. The van der Waals surface area contributed by atoms with E-state index in [1.165, 1.54) is 6.26 Å². The molecule has 126 valence electrons. The summed E-state index contributed by atoms with van der Waals surface area (Å²) in [4.78, 5) is 16.4. The van der Waals surface area contributed by atoms with Crippen LogP contribution >= 0.6 is 0 Å². The first kappa shape index (κ1) is 15.1. The third-order valence-corrected chi connectivity index (χ3v) is 3.77. The minimum atomic E-state index is -0.457. The van der Waals surface area contributed by atoms with Gasteiger partial charge in [-0.3, -0.25) is 4.79 Å². The van der Waals surface area contributed by atoms with Gasteiger partial charge in [-0.1, -0.05) is 10.4 Å². The van der Waals surface area contributed by atoms with Gasteiger partial charge in [0.1, 0.15) is 11.6 Å². The number of hydrogen-bond donors (Lipinski definition) is 1. The molecule has 4 rings (SSSR count). The van der Waals surface area contributed by atoms with Crippen LogP contribution in [0.2, 0.25) is 0 Å². The molecule has 0 spiro atoms. The van der Waals surface area contributed by atoms with Crippen LogP contribution in [0.1, 0.15) is 29.4 Å². The number of fused-ring (bicyclic) bond motifs is 1. The van der Waals surface area contributed by atoms with Crippen LogP contribution < -0.4 is 5.32 Å². The third kappa shape index (κ3) is 2.75. The number of rotatable bonds is 4. The number of nitrogens with one attached hydrogen (secondary N) is 1. The van der Waals surface area contributed by atoms with Crippen LogP contribution in [-0.2, 0) is 7.05 Å². The van der Waals surface area contributed by atoms with Crippen molar-refractivity contribution >= 4 is 16.9 Å². The molecule has 0 bridgehead atoms. The topological polar surface area (TPSA) is 112 Å². The van der Waals surface area contributed by atoms with Gasteiger partial charge in [-0.05, 0) is 37.3 Å². The number of nitrogens with zero attached hydrogens (tertiary/aromatic N) is 5. The maximum Gasteiger partial charge on any atom is 0.287 e. The number of benzene rings is 1. The number of aryl methyl sites for hydroxylation is 1. The van der Waals surface area contributed by atoms with Crippen LogP contribution in [0.5, 0.6) is 0 Å². The molecule has 0 radical (unpaired) electrons. The van der Waals surface area contributed by atoms with Gasteiger partial charge in [0.2, 0.25) is 11.7 Å². The van der Waals surface area contributed by atoms with Crippen molar-refractivity contribution in [3.05, 3.63) is 48.2 Å². The lowest BCUT2D eigenvalue weighted by Crippen LogP contribution is -2.26. The molecule has 0 unspecified atom stereocenters. The maximum atomic E-state index is 12.0. The summed E-state index contributed by atoms with van der Waals surface area (Å²) in [5, 5.41) is 14.7. The second kappa shape index (κ2) is 5.86. The highest BCUT2D eigenvalue weighted by Crippen LogP contribution is 2.22. The molecular weight excluding hydrogens is 324 g/mol. The Morgan fingerprint density at radius 2 is 2.20 bits per heavy atom. The number of amides is 1. The SMILES string of the molecule is C[C@H](NC(=O)c1ccco1)c1nc(-c2ccc3nnn(C)c3c2)no1. The molecule has 0 saturated heterocycles. The minimum Gasteiger partial charge on any atom is -0.459 e. The van der Waals surface area contributed by atoms with E-state index >= 15 is 0 Å². The monoisotopic (exact) mass is 338 g/mol. The third-order valence-electron chi connectivity index (χ3n) is 3.77. The molecule has 25 heavy (non-hydrogen) atoms. The summed E-state index contributed by atoms with van der Waals surface area (Å²) in [6, 6.07) is 8.34. The van der Waals surface area contributed by atoms with E-state index in [1.54, 1.807) is 23.7 Å². The zero-order chi connectivity index (χ0) is 17.4. The van der Waals surface area contributed by atoms with E-state index in [1.807, 2.05) is 25.2 Å². The highest BCUT2D eigenvalue weighted by molar-refractivity contribution is 5.91. The van der Waals surface area contributed by atoms with E-state index in [4.69, 9.17) is 8.94 Å². The normalized spacial score (nSPS) is 12.4. The van der Waals surface area contributed by atoms with E-state index in [2.05, 4.69) is 25.8 Å². The average Bonchev–Trinajstić information content (AvgIpc) is 3.36. The van der Waals surface area contributed by atoms with Gasteiger partial charge in [0.05, 0.1) is 11.8 Å². The molecule has 0 aliphatic rings. The summed E-state index contributed by atoms with van der Waals surface area (Å²) < 4.78 is 12.0. The first-order valence-corrected chi connectivity index (χ1v) is 7.59. The highest BCUT2D eigenvalue weighted by Gasteiger charge is 2.19. The molecule has 9 heteroatoms. The largest absolute Gasteiger partial charge is 0.459 e. The van der Waals surface area contributed by atoms with Gasteiger partial charge in [-0.15, -0.1) is 5.10 Å². The van der Waals surface area contributed by atoms with Crippen LogP contribution in [0.25, 0.3) is 22.4 Å². The van der Waals surface area contributed by atoms with Gasteiger partial charge in [0.25, 0.3) is 5.91 Å². The lowest BCUT2D eigenvalue weighted by molar-refractivity contribution is 0.0904. The number of aromatic nitrogens is 5. The molecule has 0 aliphatic heterocycles. The molecule has 1 amide bonds. The second-order valence-electron chi connectivity index (χ2n) is 5.55. The number of carbonyl (C=O) groups excluding carboxylic acids is 1. The van der Waals surface area contributed by atoms with E-state index in [0.29, 0.717) is 11.7 Å². The maximum absolute atomic E-state index is 12.0.